The summed E-state index contributed by atoms with van der Waals surface area (Å²) in [6.07, 6.45) is 1.09. The number of sulfonamides is 1. The number of hydrogen-bond donors (Lipinski definition) is 1. The van der Waals surface area contributed by atoms with E-state index in [1.807, 2.05) is 0 Å². The molecule has 2 rings (SSSR count). The molecular formula is C17H27N3O5S. The number of anilines is 1. The van der Waals surface area contributed by atoms with Crippen molar-refractivity contribution >= 4 is 21.6 Å². The topological polar surface area (TPSA) is 88.2 Å². The molecule has 146 valence electrons. The van der Waals surface area contributed by atoms with Crippen LogP contribution in [0.1, 0.15) is 6.92 Å². The smallest absolute Gasteiger partial charge is 0.243 e. The summed E-state index contributed by atoms with van der Waals surface area (Å²) in [5, 5.41) is 2.82. The highest BCUT2D eigenvalue weighted by Crippen LogP contribution is 2.23. The number of rotatable bonds is 8. The summed E-state index contributed by atoms with van der Waals surface area (Å²) in [5.41, 5.74) is 0.420. The van der Waals surface area contributed by atoms with E-state index in [1.54, 1.807) is 31.2 Å². The van der Waals surface area contributed by atoms with Gasteiger partial charge in [-0.1, -0.05) is 0 Å². The van der Waals surface area contributed by atoms with Crippen molar-refractivity contribution in [1.82, 2.24) is 10.2 Å². The van der Waals surface area contributed by atoms with E-state index in [1.165, 1.54) is 7.11 Å². The number of morpholine rings is 1. The molecule has 0 radical (unpaired) electrons. The van der Waals surface area contributed by atoms with Gasteiger partial charge in [-0.3, -0.25) is 14.0 Å². The predicted octanol–water partition coefficient (Wildman–Crippen LogP) is 0.298. The first-order valence-electron chi connectivity index (χ1n) is 8.54. The third kappa shape index (κ3) is 5.58. The van der Waals surface area contributed by atoms with Crippen molar-refractivity contribution in [2.75, 3.05) is 57.1 Å². The van der Waals surface area contributed by atoms with Gasteiger partial charge in [0, 0.05) is 26.2 Å². The standard InChI is InChI=1S/C17H27N3O5S/c1-14(17(21)18-8-9-19-10-12-25-13-11-19)20(26(3,22)23)15-4-6-16(24-2)7-5-15/h4-7,14H,8-13H2,1-3H3,(H,18,21)/t14-/m0/s1. The molecule has 26 heavy (non-hydrogen) atoms. The predicted molar refractivity (Wildman–Crippen MR) is 100 cm³/mol. The maximum Gasteiger partial charge on any atom is 0.243 e. The van der Waals surface area contributed by atoms with Gasteiger partial charge in [0.15, 0.2) is 0 Å². The Bertz CT molecular complexity index is 687. The van der Waals surface area contributed by atoms with E-state index in [-0.39, 0.29) is 5.91 Å². The first kappa shape index (κ1) is 20.5. The molecule has 8 nitrogen and oxygen atoms in total. The van der Waals surface area contributed by atoms with E-state index in [9.17, 15) is 13.2 Å². The van der Waals surface area contributed by atoms with Crippen LogP contribution in [0.15, 0.2) is 24.3 Å². The fourth-order valence-electron chi connectivity index (χ4n) is 2.85. The Morgan fingerprint density at radius 2 is 1.92 bits per heavy atom. The van der Waals surface area contributed by atoms with Crippen LogP contribution in [0, 0.1) is 0 Å². The fourth-order valence-corrected chi connectivity index (χ4v) is 4.02. The first-order valence-corrected chi connectivity index (χ1v) is 10.4. The zero-order chi connectivity index (χ0) is 19.2. The molecule has 0 aliphatic carbocycles. The van der Waals surface area contributed by atoms with E-state index in [2.05, 4.69) is 10.2 Å². The summed E-state index contributed by atoms with van der Waals surface area (Å²) in [4.78, 5) is 14.7. The van der Waals surface area contributed by atoms with Gasteiger partial charge in [0.25, 0.3) is 0 Å². The Morgan fingerprint density at radius 1 is 1.31 bits per heavy atom. The molecule has 1 amide bonds. The molecule has 1 aliphatic heterocycles. The number of nitrogens with one attached hydrogen (secondary N) is 1. The molecule has 0 unspecified atom stereocenters. The Morgan fingerprint density at radius 3 is 2.46 bits per heavy atom. The highest BCUT2D eigenvalue weighted by atomic mass is 32.2. The highest BCUT2D eigenvalue weighted by molar-refractivity contribution is 7.92. The second kappa shape index (κ2) is 9.20. The fraction of sp³-hybridized carbons (Fsp3) is 0.588. The zero-order valence-corrected chi connectivity index (χ0v) is 16.3. The van der Waals surface area contributed by atoms with Gasteiger partial charge in [0.1, 0.15) is 11.8 Å². The minimum absolute atomic E-state index is 0.334. The quantitative estimate of drug-likeness (QED) is 0.692. The van der Waals surface area contributed by atoms with E-state index in [4.69, 9.17) is 9.47 Å². The third-order valence-corrected chi connectivity index (χ3v) is 5.49. The molecule has 1 atom stereocenters. The summed E-state index contributed by atoms with van der Waals surface area (Å²) in [5.74, 6) is 0.282. The van der Waals surface area contributed by atoms with Gasteiger partial charge < -0.3 is 14.8 Å². The monoisotopic (exact) mass is 385 g/mol. The van der Waals surface area contributed by atoms with Crippen molar-refractivity contribution in [2.45, 2.75) is 13.0 Å². The van der Waals surface area contributed by atoms with Gasteiger partial charge in [-0.05, 0) is 31.2 Å². The minimum atomic E-state index is -3.62. The molecule has 1 N–H and O–H groups in total. The summed E-state index contributed by atoms with van der Waals surface area (Å²) in [6.45, 7) is 5.83. The van der Waals surface area contributed by atoms with Gasteiger partial charge in [-0.2, -0.15) is 0 Å². The second-order valence-corrected chi connectivity index (χ2v) is 8.04. The van der Waals surface area contributed by atoms with Crippen LogP contribution in [0.3, 0.4) is 0 Å². The van der Waals surface area contributed by atoms with Crippen LogP contribution in [0.4, 0.5) is 5.69 Å². The summed E-state index contributed by atoms with van der Waals surface area (Å²) >= 11 is 0. The molecule has 0 spiro atoms. The van der Waals surface area contributed by atoms with Crippen molar-refractivity contribution < 1.29 is 22.7 Å². The molecule has 0 bridgehead atoms. The number of carbonyl (C=O) groups excluding carboxylic acids is 1. The van der Waals surface area contributed by atoms with Crippen LogP contribution in [0.2, 0.25) is 0 Å². The molecule has 1 aromatic carbocycles. The Hall–Kier alpha value is -1.84. The van der Waals surface area contributed by atoms with Crippen molar-refractivity contribution in [2.24, 2.45) is 0 Å². The van der Waals surface area contributed by atoms with Gasteiger partial charge in [0.2, 0.25) is 15.9 Å². The van der Waals surface area contributed by atoms with Crippen LogP contribution in [0.25, 0.3) is 0 Å². The summed E-state index contributed by atoms with van der Waals surface area (Å²) in [7, 11) is -2.09. The number of benzene rings is 1. The largest absolute Gasteiger partial charge is 0.497 e. The molecule has 9 heteroatoms. The Balaban J connectivity index is 2.00. The lowest BCUT2D eigenvalue weighted by molar-refractivity contribution is -0.121. The van der Waals surface area contributed by atoms with Gasteiger partial charge in [-0.15, -0.1) is 0 Å². The zero-order valence-electron chi connectivity index (χ0n) is 15.5. The van der Waals surface area contributed by atoms with Gasteiger partial charge in [0.05, 0.1) is 32.3 Å². The number of carbonyl (C=O) groups is 1. The molecule has 1 heterocycles. The van der Waals surface area contributed by atoms with Crippen LogP contribution in [-0.4, -0.2) is 78.0 Å². The molecule has 1 fully saturated rings. The Kier molecular flexibility index (Phi) is 7.24. The average molecular weight is 385 g/mol. The van der Waals surface area contributed by atoms with Crippen LogP contribution in [0.5, 0.6) is 5.75 Å². The van der Waals surface area contributed by atoms with Crippen LogP contribution >= 0.6 is 0 Å². The third-order valence-electron chi connectivity index (χ3n) is 4.25. The molecule has 1 aromatic rings. The molecule has 0 saturated carbocycles. The first-order chi connectivity index (χ1) is 12.3. The van der Waals surface area contributed by atoms with Crippen LogP contribution < -0.4 is 14.4 Å². The van der Waals surface area contributed by atoms with E-state index in [0.29, 0.717) is 37.7 Å². The molecule has 1 aliphatic rings. The maximum absolute atomic E-state index is 12.5. The lowest BCUT2D eigenvalue weighted by Gasteiger charge is -2.29. The van der Waals surface area contributed by atoms with Crippen molar-refractivity contribution in [1.29, 1.82) is 0 Å². The summed E-state index contributed by atoms with van der Waals surface area (Å²) in [6, 6.07) is 5.71. The number of amides is 1. The Labute approximate surface area is 155 Å². The molecular weight excluding hydrogens is 358 g/mol. The molecule has 0 aromatic heterocycles. The van der Waals surface area contributed by atoms with E-state index >= 15 is 0 Å². The maximum atomic E-state index is 12.5. The van der Waals surface area contributed by atoms with E-state index in [0.717, 1.165) is 23.7 Å². The minimum Gasteiger partial charge on any atom is -0.497 e. The van der Waals surface area contributed by atoms with Crippen molar-refractivity contribution in [3.05, 3.63) is 24.3 Å². The van der Waals surface area contributed by atoms with Crippen molar-refractivity contribution in [3.8, 4) is 5.75 Å². The average Bonchev–Trinajstić information content (AvgIpc) is 2.62. The number of ether oxygens (including phenoxy) is 2. The van der Waals surface area contributed by atoms with Crippen molar-refractivity contribution in [3.63, 3.8) is 0 Å². The second-order valence-electron chi connectivity index (χ2n) is 6.18. The van der Waals surface area contributed by atoms with Gasteiger partial charge in [-0.25, -0.2) is 8.42 Å². The number of hydrogen-bond acceptors (Lipinski definition) is 6. The summed E-state index contributed by atoms with van der Waals surface area (Å²) < 4.78 is 36.0. The number of nitrogens with zero attached hydrogens (tertiary/aromatic N) is 2. The lowest BCUT2D eigenvalue weighted by atomic mass is 10.2. The highest BCUT2D eigenvalue weighted by Gasteiger charge is 2.29. The van der Waals surface area contributed by atoms with Crippen LogP contribution in [-0.2, 0) is 19.6 Å². The lowest BCUT2D eigenvalue weighted by Crippen LogP contribution is -2.49. The number of methoxy groups -OCH3 is 1. The normalized spacial score (nSPS) is 16.7. The SMILES string of the molecule is COc1ccc(N([C@@H](C)C(=O)NCCN2CCOCC2)S(C)(=O)=O)cc1. The molecule has 1 saturated heterocycles. The van der Waals surface area contributed by atoms with Gasteiger partial charge >= 0.3 is 0 Å². The van der Waals surface area contributed by atoms with E-state index < -0.39 is 16.1 Å².